The Hall–Kier alpha value is -2.82. The number of nitrogens with zero attached hydrogens (tertiary/aromatic N) is 1. The van der Waals surface area contributed by atoms with Crippen LogP contribution in [0.3, 0.4) is 0 Å². The summed E-state index contributed by atoms with van der Waals surface area (Å²) in [6, 6.07) is 15.2. The van der Waals surface area contributed by atoms with E-state index in [0.717, 1.165) is 23.5 Å². The normalized spacial score (nSPS) is 16.6. The van der Waals surface area contributed by atoms with Crippen LogP contribution in [-0.2, 0) is 16.0 Å². The van der Waals surface area contributed by atoms with Crippen molar-refractivity contribution >= 4 is 23.2 Å². The van der Waals surface area contributed by atoms with Crippen molar-refractivity contribution in [2.45, 2.75) is 26.7 Å². The first-order chi connectivity index (χ1) is 12.6. The molecule has 5 nitrogen and oxygen atoms in total. The summed E-state index contributed by atoms with van der Waals surface area (Å²) in [5.74, 6) is 0.281. The number of hydrogen-bond donors (Lipinski definition) is 1. The second kappa shape index (κ2) is 8.04. The molecular formula is C21H24N2O3. The number of rotatable bonds is 6. The molecule has 0 saturated carbocycles. The standard InChI is InChI=1S/C21H24N2O3/c1-3-15-6-5-7-17(12-15)22-21(25)16-13-20(24)23(14-16)18-8-10-19(11-9-18)26-4-2/h5-12,16H,3-4,13-14H2,1-2H3,(H,22,25). The Labute approximate surface area is 154 Å². The van der Waals surface area contributed by atoms with Gasteiger partial charge < -0.3 is 15.0 Å². The molecule has 136 valence electrons. The minimum atomic E-state index is -0.348. The van der Waals surface area contributed by atoms with Crippen LogP contribution in [0.5, 0.6) is 5.75 Å². The Morgan fingerprint density at radius 1 is 1.19 bits per heavy atom. The molecule has 2 aromatic rings. The number of ether oxygens (including phenoxy) is 1. The lowest BCUT2D eigenvalue weighted by Crippen LogP contribution is -2.28. The third-order valence-electron chi connectivity index (χ3n) is 4.56. The molecule has 0 radical (unpaired) electrons. The lowest BCUT2D eigenvalue weighted by Gasteiger charge is -2.17. The van der Waals surface area contributed by atoms with E-state index in [9.17, 15) is 9.59 Å². The molecule has 0 aliphatic carbocycles. The van der Waals surface area contributed by atoms with Gasteiger partial charge in [-0.1, -0.05) is 19.1 Å². The van der Waals surface area contributed by atoms with Gasteiger partial charge in [-0.2, -0.15) is 0 Å². The van der Waals surface area contributed by atoms with Gasteiger partial charge >= 0.3 is 0 Å². The molecule has 0 bridgehead atoms. The average molecular weight is 352 g/mol. The lowest BCUT2D eigenvalue weighted by atomic mass is 10.1. The quantitative estimate of drug-likeness (QED) is 0.863. The predicted octanol–water partition coefficient (Wildman–Crippen LogP) is 3.64. The smallest absolute Gasteiger partial charge is 0.229 e. The summed E-state index contributed by atoms with van der Waals surface area (Å²) >= 11 is 0. The van der Waals surface area contributed by atoms with Crippen LogP contribution in [0.25, 0.3) is 0 Å². The van der Waals surface area contributed by atoms with Crippen molar-refractivity contribution in [2.75, 3.05) is 23.4 Å². The maximum Gasteiger partial charge on any atom is 0.229 e. The van der Waals surface area contributed by atoms with E-state index in [1.54, 1.807) is 4.90 Å². The van der Waals surface area contributed by atoms with Crippen LogP contribution in [0.2, 0.25) is 0 Å². The van der Waals surface area contributed by atoms with E-state index in [0.29, 0.717) is 13.2 Å². The molecule has 1 atom stereocenters. The Balaban J connectivity index is 1.65. The Kier molecular flexibility index (Phi) is 5.56. The second-order valence-corrected chi connectivity index (χ2v) is 6.38. The summed E-state index contributed by atoms with van der Waals surface area (Å²) in [5, 5.41) is 2.94. The van der Waals surface area contributed by atoms with E-state index in [1.807, 2.05) is 55.5 Å². The second-order valence-electron chi connectivity index (χ2n) is 6.38. The minimum Gasteiger partial charge on any atom is -0.494 e. The Morgan fingerprint density at radius 3 is 2.65 bits per heavy atom. The van der Waals surface area contributed by atoms with Crippen LogP contribution in [0.1, 0.15) is 25.8 Å². The zero-order valence-electron chi connectivity index (χ0n) is 15.2. The Bertz CT molecular complexity index is 786. The maximum atomic E-state index is 12.6. The van der Waals surface area contributed by atoms with Gasteiger partial charge in [-0.15, -0.1) is 0 Å². The van der Waals surface area contributed by atoms with Crippen LogP contribution >= 0.6 is 0 Å². The summed E-state index contributed by atoms with van der Waals surface area (Å²) < 4.78 is 5.43. The van der Waals surface area contributed by atoms with Crippen molar-refractivity contribution in [3.05, 3.63) is 54.1 Å². The van der Waals surface area contributed by atoms with Crippen molar-refractivity contribution in [1.82, 2.24) is 0 Å². The van der Waals surface area contributed by atoms with Crippen molar-refractivity contribution in [3.8, 4) is 5.75 Å². The highest BCUT2D eigenvalue weighted by atomic mass is 16.5. The molecule has 26 heavy (non-hydrogen) atoms. The largest absolute Gasteiger partial charge is 0.494 e. The SMILES string of the molecule is CCOc1ccc(N2CC(C(=O)Nc3cccc(CC)c3)CC2=O)cc1. The summed E-state index contributed by atoms with van der Waals surface area (Å²) in [7, 11) is 0. The van der Waals surface area contributed by atoms with Crippen molar-refractivity contribution in [3.63, 3.8) is 0 Å². The fraction of sp³-hybridized carbons (Fsp3) is 0.333. The zero-order chi connectivity index (χ0) is 18.5. The van der Waals surface area contributed by atoms with Crippen LogP contribution in [0, 0.1) is 5.92 Å². The average Bonchev–Trinajstić information content (AvgIpc) is 3.05. The van der Waals surface area contributed by atoms with Crippen molar-refractivity contribution < 1.29 is 14.3 Å². The van der Waals surface area contributed by atoms with E-state index in [2.05, 4.69) is 12.2 Å². The molecular weight excluding hydrogens is 328 g/mol. The van der Waals surface area contributed by atoms with E-state index in [4.69, 9.17) is 4.74 Å². The molecule has 5 heteroatoms. The summed E-state index contributed by atoms with van der Waals surface area (Å²) in [5.41, 5.74) is 2.74. The first kappa shape index (κ1) is 18.0. The van der Waals surface area contributed by atoms with Crippen LogP contribution in [0.15, 0.2) is 48.5 Å². The molecule has 0 spiro atoms. The molecule has 1 unspecified atom stereocenters. The van der Waals surface area contributed by atoms with Gasteiger partial charge in [0.05, 0.1) is 12.5 Å². The molecule has 1 heterocycles. The van der Waals surface area contributed by atoms with Gasteiger partial charge in [0.15, 0.2) is 0 Å². The first-order valence-corrected chi connectivity index (χ1v) is 9.03. The summed E-state index contributed by atoms with van der Waals surface area (Å²) in [6.07, 6.45) is 1.14. The number of aryl methyl sites for hydroxylation is 1. The van der Waals surface area contributed by atoms with Crippen molar-refractivity contribution in [1.29, 1.82) is 0 Å². The van der Waals surface area contributed by atoms with E-state index < -0.39 is 0 Å². The van der Waals surface area contributed by atoms with E-state index in [-0.39, 0.29) is 24.2 Å². The first-order valence-electron chi connectivity index (χ1n) is 9.03. The molecule has 1 aliphatic heterocycles. The molecule has 1 saturated heterocycles. The lowest BCUT2D eigenvalue weighted by molar-refractivity contribution is -0.122. The van der Waals surface area contributed by atoms with E-state index >= 15 is 0 Å². The number of anilines is 2. The maximum absolute atomic E-state index is 12.6. The molecule has 1 N–H and O–H groups in total. The van der Waals surface area contributed by atoms with Gasteiger partial charge in [-0.3, -0.25) is 9.59 Å². The fourth-order valence-electron chi connectivity index (χ4n) is 3.14. The number of amides is 2. The van der Waals surface area contributed by atoms with Gasteiger partial charge in [0.25, 0.3) is 0 Å². The monoisotopic (exact) mass is 352 g/mol. The van der Waals surface area contributed by atoms with Crippen LogP contribution in [0.4, 0.5) is 11.4 Å². The fourth-order valence-corrected chi connectivity index (χ4v) is 3.14. The minimum absolute atomic E-state index is 0.0309. The summed E-state index contributed by atoms with van der Waals surface area (Å²) in [6.45, 7) is 5.00. The molecule has 0 aromatic heterocycles. The van der Waals surface area contributed by atoms with Gasteiger partial charge in [0.2, 0.25) is 11.8 Å². The number of carbonyl (C=O) groups excluding carboxylic acids is 2. The molecule has 1 fully saturated rings. The predicted molar refractivity (Wildman–Crippen MR) is 103 cm³/mol. The zero-order valence-corrected chi connectivity index (χ0v) is 15.2. The number of hydrogen-bond acceptors (Lipinski definition) is 3. The van der Waals surface area contributed by atoms with Crippen molar-refractivity contribution in [2.24, 2.45) is 5.92 Å². The summed E-state index contributed by atoms with van der Waals surface area (Å²) in [4.78, 5) is 26.6. The molecule has 2 aromatic carbocycles. The van der Waals surface area contributed by atoms with Gasteiger partial charge in [0.1, 0.15) is 5.75 Å². The van der Waals surface area contributed by atoms with Crippen LogP contribution < -0.4 is 15.0 Å². The topological polar surface area (TPSA) is 58.6 Å². The third kappa shape index (κ3) is 4.04. The molecule has 2 amide bonds. The highest BCUT2D eigenvalue weighted by Gasteiger charge is 2.35. The van der Waals surface area contributed by atoms with E-state index in [1.165, 1.54) is 5.56 Å². The number of benzene rings is 2. The van der Waals surface area contributed by atoms with Gasteiger partial charge in [-0.25, -0.2) is 0 Å². The number of nitrogens with one attached hydrogen (secondary N) is 1. The highest BCUT2D eigenvalue weighted by Crippen LogP contribution is 2.27. The van der Waals surface area contributed by atoms with Gasteiger partial charge in [0, 0.05) is 24.3 Å². The molecule has 3 rings (SSSR count). The Morgan fingerprint density at radius 2 is 1.96 bits per heavy atom. The van der Waals surface area contributed by atoms with Crippen LogP contribution in [-0.4, -0.2) is 25.0 Å². The third-order valence-corrected chi connectivity index (χ3v) is 4.56. The van der Waals surface area contributed by atoms with Gasteiger partial charge in [-0.05, 0) is 55.3 Å². The highest BCUT2D eigenvalue weighted by molar-refractivity contribution is 6.03. The molecule has 1 aliphatic rings. The number of carbonyl (C=O) groups is 2.